The van der Waals surface area contributed by atoms with E-state index in [-0.39, 0.29) is 17.9 Å². The van der Waals surface area contributed by atoms with E-state index in [0.29, 0.717) is 30.6 Å². The molecule has 0 spiro atoms. The van der Waals surface area contributed by atoms with E-state index < -0.39 is 0 Å². The Morgan fingerprint density at radius 2 is 2.26 bits per heavy atom. The fraction of sp³-hybridized carbons (Fsp3) is 0.714. The van der Waals surface area contributed by atoms with Crippen LogP contribution in [-0.2, 0) is 14.3 Å². The summed E-state index contributed by atoms with van der Waals surface area (Å²) >= 11 is 1.62. The Bertz CT molecular complexity index is 370. The van der Waals surface area contributed by atoms with Gasteiger partial charge in [-0.25, -0.2) is 4.79 Å². The molecule has 1 aliphatic carbocycles. The van der Waals surface area contributed by atoms with Gasteiger partial charge in [0.1, 0.15) is 6.04 Å². The van der Waals surface area contributed by atoms with Crippen molar-refractivity contribution in [3.05, 3.63) is 12.2 Å². The maximum absolute atomic E-state index is 12.1. The van der Waals surface area contributed by atoms with Gasteiger partial charge in [0.2, 0.25) is 5.91 Å². The summed E-state index contributed by atoms with van der Waals surface area (Å²) in [5.74, 6) is 1.51. The second-order valence-electron chi connectivity index (χ2n) is 5.01. The van der Waals surface area contributed by atoms with Gasteiger partial charge in [-0.1, -0.05) is 19.1 Å². The van der Waals surface area contributed by atoms with Crippen molar-refractivity contribution in [1.82, 2.24) is 4.90 Å². The van der Waals surface area contributed by atoms with Crippen molar-refractivity contribution in [2.45, 2.75) is 38.6 Å². The van der Waals surface area contributed by atoms with Crippen LogP contribution in [0.3, 0.4) is 0 Å². The second-order valence-corrected chi connectivity index (χ2v) is 6.01. The van der Waals surface area contributed by atoms with Crippen molar-refractivity contribution in [3.63, 3.8) is 0 Å². The van der Waals surface area contributed by atoms with Crippen LogP contribution in [-0.4, -0.2) is 41.1 Å². The fourth-order valence-corrected chi connectivity index (χ4v) is 3.56. The Labute approximate surface area is 118 Å². The minimum atomic E-state index is -0.378. The maximum Gasteiger partial charge on any atom is 0.329 e. The number of carbonyl (C=O) groups excluding carboxylic acids is 2. The zero-order valence-electron chi connectivity index (χ0n) is 11.3. The number of hydrogen-bond donors (Lipinski definition) is 0. The van der Waals surface area contributed by atoms with E-state index in [2.05, 4.69) is 12.2 Å². The minimum absolute atomic E-state index is 0.0348. The van der Waals surface area contributed by atoms with Gasteiger partial charge in [0.05, 0.1) is 12.5 Å². The predicted molar refractivity (Wildman–Crippen MR) is 75.7 cm³/mol. The lowest BCUT2D eigenvalue weighted by Crippen LogP contribution is -2.42. The van der Waals surface area contributed by atoms with E-state index >= 15 is 0 Å². The molecule has 106 valence electrons. The number of ether oxygens (including phenoxy) is 1. The summed E-state index contributed by atoms with van der Waals surface area (Å²) in [4.78, 5) is 25.4. The number of esters is 1. The third-order valence-corrected chi connectivity index (χ3v) is 4.63. The molecular weight excluding hydrogens is 262 g/mol. The number of allylic oxidation sites excluding steroid dienone is 2. The van der Waals surface area contributed by atoms with Gasteiger partial charge >= 0.3 is 5.97 Å². The molecule has 2 atom stereocenters. The molecule has 1 heterocycles. The van der Waals surface area contributed by atoms with E-state index in [1.165, 1.54) is 0 Å². The van der Waals surface area contributed by atoms with Crippen LogP contribution in [0.1, 0.15) is 32.6 Å². The molecule has 0 N–H and O–H groups in total. The lowest BCUT2D eigenvalue weighted by atomic mass is 9.95. The SMILES string of the molecule is CCC(=O)N1CSC[C@@H]1C(=O)OC[C@@H]1CC=CCC1. The molecule has 1 saturated heterocycles. The smallest absolute Gasteiger partial charge is 0.329 e. The quantitative estimate of drug-likeness (QED) is 0.586. The second kappa shape index (κ2) is 6.98. The van der Waals surface area contributed by atoms with E-state index in [1.54, 1.807) is 16.7 Å². The number of carbonyl (C=O) groups is 2. The summed E-state index contributed by atoms with van der Waals surface area (Å²) in [5, 5.41) is 0. The molecule has 2 rings (SSSR count). The van der Waals surface area contributed by atoms with Crippen LogP contribution in [0.4, 0.5) is 0 Å². The van der Waals surface area contributed by atoms with E-state index in [4.69, 9.17) is 4.74 Å². The van der Waals surface area contributed by atoms with E-state index in [0.717, 1.165) is 19.3 Å². The Balaban J connectivity index is 1.81. The van der Waals surface area contributed by atoms with Gasteiger partial charge in [0.25, 0.3) is 0 Å². The summed E-state index contributed by atoms with van der Waals surface area (Å²) in [5.41, 5.74) is 0. The Morgan fingerprint density at radius 3 is 2.95 bits per heavy atom. The first kappa shape index (κ1) is 14.4. The van der Waals surface area contributed by atoms with Crippen LogP contribution in [0.2, 0.25) is 0 Å². The average Bonchev–Trinajstić information content (AvgIpc) is 2.94. The van der Waals surface area contributed by atoms with Crippen LogP contribution in [0.15, 0.2) is 12.2 Å². The first-order valence-corrected chi connectivity index (χ1v) is 8.06. The van der Waals surface area contributed by atoms with Crippen LogP contribution in [0.25, 0.3) is 0 Å². The zero-order valence-corrected chi connectivity index (χ0v) is 12.2. The topological polar surface area (TPSA) is 46.6 Å². The summed E-state index contributed by atoms with van der Waals surface area (Å²) in [7, 11) is 0. The van der Waals surface area contributed by atoms with E-state index in [1.807, 2.05) is 6.92 Å². The molecule has 1 fully saturated rings. The highest BCUT2D eigenvalue weighted by atomic mass is 32.2. The van der Waals surface area contributed by atoms with Crippen molar-refractivity contribution in [2.24, 2.45) is 5.92 Å². The molecule has 5 heteroatoms. The molecule has 0 aromatic rings. The summed E-state index contributed by atoms with van der Waals surface area (Å²) in [6.07, 6.45) is 7.92. The number of amides is 1. The van der Waals surface area contributed by atoms with Crippen LogP contribution < -0.4 is 0 Å². The first-order valence-electron chi connectivity index (χ1n) is 6.91. The predicted octanol–water partition coefficient (Wildman–Crippen LogP) is 2.20. The van der Waals surface area contributed by atoms with Crippen molar-refractivity contribution < 1.29 is 14.3 Å². The van der Waals surface area contributed by atoms with Crippen molar-refractivity contribution >= 4 is 23.6 Å². The Kier molecular flexibility index (Phi) is 5.31. The van der Waals surface area contributed by atoms with Crippen molar-refractivity contribution in [3.8, 4) is 0 Å². The highest BCUT2D eigenvalue weighted by Gasteiger charge is 2.35. The maximum atomic E-state index is 12.1. The van der Waals surface area contributed by atoms with Crippen LogP contribution in [0, 0.1) is 5.92 Å². The monoisotopic (exact) mass is 283 g/mol. The first-order chi connectivity index (χ1) is 9.22. The number of nitrogens with zero attached hydrogens (tertiary/aromatic N) is 1. The molecule has 19 heavy (non-hydrogen) atoms. The van der Waals surface area contributed by atoms with Gasteiger partial charge in [-0.3, -0.25) is 4.79 Å². The third kappa shape index (κ3) is 3.75. The minimum Gasteiger partial charge on any atom is -0.464 e. The van der Waals surface area contributed by atoms with Gasteiger partial charge in [-0.15, -0.1) is 11.8 Å². The number of hydrogen-bond acceptors (Lipinski definition) is 4. The molecule has 1 amide bonds. The lowest BCUT2D eigenvalue weighted by molar-refractivity contribution is -0.154. The molecule has 0 aromatic heterocycles. The van der Waals surface area contributed by atoms with E-state index in [9.17, 15) is 9.59 Å². The van der Waals surface area contributed by atoms with Gasteiger partial charge in [-0.05, 0) is 25.2 Å². The standard InChI is InChI=1S/C14H21NO3S/c1-2-13(16)15-10-19-9-12(15)14(17)18-8-11-6-4-3-5-7-11/h3-4,11-12H,2,5-10H2,1H3/t11-,12-/m1/s1. The molecule has 0 unspecified atom stereocenters. The zero-order chi connectivity index (χ0) is 13.7. The summed E-state index contributed by atoms with van der Waals surface area (Å²) in [6.45, 7) is 2.31. The van der Waals surface area contributed by atoms with Crippen LogP contribution >= 0.6 is 11.8 Å². The molecule has 4 nitrogen and oxygen atoms in total. The van der Waals surface area contributed by atoms with Gasteiger partial charge < -0.3 is 9.64 Å². The van der Waals surface area contributed by atoms with Gasteiger partial charge in [-0.2, -0.15) is 0 Å². The largest absolute Gasteiger partial charge is 0.464 e. The average molecular weight is 283 g/mol. The molecule has 2 aliphatic rings. The summed E-state index contributed by atoms with van der Waals surface area (Å²) in [6, 6.07) is -0.378. The summed E-state index contributed by atoms with van der Waals surface area (Å²) < 4.78 is 5.41. The lowest BCUT2D eigenvalue weighted by Gasteiger charge is -2.23. The molecule has 1 aliphatic heterocycles. The highest BCUT2D eigenvalue weighted by Crippen LogP contribution is 2.24. The van der Waals surface area contributed by atoms with Crippen molar-refractivity contribution in [2.75, 3.05) is 18.2 Å². The Hall–Kier alpha value is -0.970. The van der Waals surface area contributed by atoms with Crippen molar-refractivity contribution in [1.29, 1.82) is 0 Å². The Morgan fingerprint density at radius 1 is 1.42 bits per heavy atom. The number of rotatable bonds is 4. The van der Waals surface area contributed by atoms with Gasteiger partial charge in [0, 0.05) is 12.2 Å². The van der Waals surface area contributed by atoms with Crippen LogP contribution in [0.5, 0.6) is 0 Å². The fourth-order valence-electron chi connectivity index (χ4n) is 2.39. The molecule has 0 aromatic carbocycles. The highest BCUT2D eigenvalue weighted by molar-refractivity contribution is 7.99. The normalized spacial score (nSPS) is 26.5. The molecule has 0 saturated carbocycles. The molecule has 0 bridgehead atoms. The third-order valence-electron chi connectivity index (χ3n) is 3.62. The van der Waals surface area contributed by atoms with Gasteiger partial charge in [0.15, 0.2) is 0 Å². The molecular formula is C14H21NO3S. The number of thioether (sulfide) groups is 1. The molecule has 0 radical (unpaired) electrons.